The highest BCUT2D eigenvalue weighted by molar-refractivity contribution is 8.26. The van der Waals surface area contributed by atoms with Gasteiger partial charge in [0.25, 0.3) is 5.12 Å². The molecule has 0 amide bonds. The third-order valence-corrected chi connectivity index (χ3v) is 5.13. The third-order valence-electron chi connectivity index (χ3n) is 4.26. The molecule has 2 rings (SSSR count). The van der Waals surface area contributed by atoms with Crippen molar-refractivity contribution in [3.63, 3.8) is 0 Å². The summed E-state index contributed by atoms with van der Waals surface area (Å²) >= 11 is 0.787. The van der Waals surface area contributed by atoms with Crippen molar-refractivity contribution in [2.24, 2.45) is 17.3 Å². The van der Waals surface area contributed by atoms with Crippen LogP contribution in [-0.4, -0.2) is 10.2 Å². The summed E-state index contributed by atoms with van der Waals surface area (Å²) in [5.41, 5.74) is -0.0203. The Bertz CT molecular complexity index is 448. The first kappa shape index (κ1) is 13.4. The highest BCUT2D eigenvalue weighted by Gasteiger charge is 2.44. The summed E-state index contributed by atoms with van der Waals surface area (Å²) in [6.07, 6.45) is 3.38. The van der Waals surface area contributed by atoms with Crippen LogP contribution in [0.5, 0.6) is 0 Å². The molecule has 3 nitrogen and oxygen atoms in total. The summed E-state index contributed by atoms with van der Waals surface area (Å²) in [6.45, 7) is 6.41. The van der Waals surface area contributed by atoms with Gasteiger partial charge in [0.05, 0.1) is 6.26 Å². The van der Waals surface area contributed by atoms with Crippen LogP contribution >= 0.6 is 11.8 Å². The fourth-order valence-corrected chi connectivity index (χ4v) is 3.50. The molecule has 2 unspecified atom stereocenters. The molecule has 1 aromatic rings. The van der Waals surface area contributed by atoms with Gasteiger partial charge in [-0.2, -0.15) is 0 Å². The Labute approximate surface area is 111 Å². The largest absolute Gasteiger partial charge is 0.460 e. The molecule has 0 spiro atoms. The van der Waals surface area contributed by atoms with Crippen LogP contribution in [0.1, 0.15) is 44.2 Å². The van der Waals surface area contributed by atoms with E-state index in [1.165, 1.54) is 6.26 Å². The van der Waals surface area contributed by atoms with Gasteiger partial charge in [-0.05, 0) is 48.1 Å². The second-order valence-corrected chi connectivity index (χ2v) is 6.52. The molecule has 2 atom stereocenters. The predicted molar refractivity (Wildman–Crippen MR) is 71.3 cm³/mol. The molecular weight excluding hydrogens is 248 g/mol. The number of rotatable bonds is 2. The molecule has 0 bridgehead atoms. The van der Waals surface area contributed by atoms with E-state index in [9.17, 15) is 9.59 Å². The quantitative estimate of drug-likeness (QED) is 0.818. The summed E-state index contributed by atoms with van der Waals surface area (Å²) in [5.74, 6) is 0.736. The van der Waals surface area contributed by atoms with E-state index in [0.29, 0.717) is 5.92 Å². The number of carbonyl (C=O) groups is 2. The lowest BCUT2D eigenvalue weighted by Gasteiger charge is -2.29. The molecule has 18 heavy (non-hydrogen) atoms. The van der Waals surface area contributed by atoms with E-state index in [0.717, 1.165) is 24.6 Å². The van der Waals surface area contributed by atoms with Gasteiger partial charge in [-0.1, -0.05) is 20.8 Å². The zero-order valence-corrected chi connectivity index (χ0v) is 11.8. The minimum Gasteiger partial charge on any atom is -0.460 e. The van der Waals surface area contributed by atoms with E-state index in [1.807, 2.05) is 0 Å². The normalized spacial score (nSPS) is 26.2. The summed E-state index contributed by atoms with van der Waals surface area (Å²) in [4.78, 5) is 24.0. The van der Waals surface area contributed by atoms with Gasteiger partial charge in [0.15, 0.2) is 5.76 Å². The highest BCUT2D eigenvalue weighted by atomic mass is 32.2. The minimum atomic E-state index is -0.291. The Morgan fingerprint density at radius 3 is 2.61 bits per heavy atom. The van der Waals surface area contributed by atoms with Crippen LogP contribution in [0, 0.1) is 17.3 Å². The molecule has 0 saturated heterocycles. The van der Waals surface area contributed by atoms with E-state index in [2.05, 4.69) is 20.8 Å². The molecule has 4 heteroatoms. The first-order valence-corrected chi connectivity index (χ1v) is 7.04. The van der Waals surface area contributed by atoms with Crippen LogP contribution in [0.3, 0.4) is 0 Å². The van der Waals surface area contributed by atoms with Gasteiger partial charge >= 0.3 is 0 Å². The number of carbonyl (C=O) groups excluding carboxylic acids is 2. The number of hydrogen-bond donors (Lipinski definition) is 0. The molecule has 0 aliphatic heterocycles. The molecule has 0 N–H and O–H groups in total. The maximum absolute atomic E-state index is 12.2. The summed E-state index contributed by atoms with van der Waals surface area (Å²) < 4.78 is 5.01. The van der Waals surface area contributed by atoms with Gasteiger partial charge in [-0.15, -0.1) is 0 Å². The van der Waals surface area contributed by atoms with Crippen molar-refractivity contribution in [2.45, 2.75) is 33.6 Å². The van der Waals surface area contributed by atoms with Gasteiger partial charge in [-0.25, -0.2) is 0 Å². The van der Waals surface area contributed by atoms with E-state index in [-0.39, 0.29) is 27.3 Å². The van der Waals surface area contributed by atoms with Crippen molar-refractivity contribution in [3.05, 3.63) is 24.2 Å². The first-order valence-electron chi connectivity index (χ1n) is 6.22. The molecule has 0 radical (unpaired) electrons. The van der Waals surface area contributed by atoms with Crippen LogP contribution in [0.15, 0.2) is 22.8 Å². The van der Waals surface area contributed by atoms with E-state index in [1.54, 1.807) is 12.1 Å². The third kappa shape index (κ3) is 2.39. The van der Waals surface area contributed by atoms with Crippen molar-refractivity contribution < 1.29 is 14.0 Å². The van der Waals surface area contributed by atoms with Gasteiger partial charge in [-0.3, -0.25) is 9.59 Å². The summed E-state index contributed by atoms with van der Waals surface area (Å²) in [7, 11) is 0. The molecule has 1 fully saturated rings. The smallest absolute Gasteiger partial charge is 0.262 e. The maximum atomic E-state index is 12.2. The maximum Gasteiger partial charge on any atom is 0.262 e. The fourth-order valence-electron chi connectivity index (χ4n) is 2.53. The average Bonchev–Trinajstić information content (AvgIpc) is 2.88. The summed E-state index contributed by atoms with van der Waals surface area (Å²) in [5, 5.41) is -0.314. The van der Waals surface area contributed by atoms with Crippen molar-refractivity contribution in [2.75, 3.05) is 0 Å². The molecule has 1 heterocycles. The summed E-state index contributed by atoms with van der Waals surface area (Å²) in [6, 6.07) is 3.24. The topological polar surface area (TPSA) is 47.3 Å². The second-order valence-electron chi connectivity index (χ2n) is 5.54. The highest BCUT2D eigenvalue weighted by Crippen LogP contribution is 2.49. The van der Waals surface area contributed by atoms with Crippen molar-refractivity contribution in [3.8, 4) is 0 Å². The van der Waals surface area contributed by atoms with Crippen LogP contribution in [0.2, 0.25) is 0 Å². The van der Waals surface area contributed by atoms with Crippen LogP contribution in [0.4, 0.5) is 0 Å². The zero-order chi connectivity index (χ0) is 13.3. The SMILES string of the molecule is CC1CCC(C(=O)SC(=O)c2ccco2)C1(C)C. The molecule has 1 saturated carbocycles. The Balaban J connectivity index is 2.03. The van der Waals surface area contributed by atoms with Crippen LogP contribution < -0.4 is 0 Å². The van der Waals surface area contributed by atoms with Gasteiger partial charge in [0.1, 0.15) is 0 Å². The fraction of sp³-hybridized carbons (Fsp3) is 0.571. The Kier molecular flexibility index (Phi) is 3.66. The Morgan fingerprint density at radius 1 is 1.39 bits per heavy atom. The molecule has 1 aliphatic rings. The minimum absolute atomic E-state index is 0.0203. The molecule has 0 aromatic carbocycles. The van der Waals surface area contributed by atoms with E-state index < -0.39 is 0 Å². The van der Waals surface area contributed by atoms with Gasteiger partial charge in [0.2, 0.25) is 5.12 Å². The van der Waals surface area contributed by atoms with Crippen molar-refractivity contribution >= 4 is 22.0 Å². The van der Waals surface area contributed by atoms with Crippen molar-refractivity contribution in [1.82, 2.24) is 0 Å². The Morgan fingerprint density at radius 2 is 2.11 bits per heavy atom. The number of hydrogen-bond acceptors (Lipinski definition) is 4. The standard InChI is InChI=1S/C14H18O3S/c1-9-6-7-10(14(9,2)3)12(15)18-13(16)11-5-4-8-17-11/h4-5,8-10H,6-7H2,1-3H3. The molecule has 98 valence electrons. The first-order chi connectivity index (χ1) is 8.43. The monoisotopic (exact) mass is 266 g/mol. The van der Waals surface area contributed by atoms with E-state index in [4.69, 9.17) is 4.42 Å². The van der Waals surface area contributed by atoms with Crippen molar-refractivity contribution in [1.29, 1.82) is 0 Å². The lowest BCUT2D eigenvalue weighted by molar-refractivity contribution is -0.117. The second kappa shape index (κ2) is 4.92. The molecule has 1 aliphatic carbocycles. The Hall–Kier alpha value is -1.03. The van der Waals surface area contributed by atoms with Gasteiger partial charge < -0.3 is 4.42 Å². The zero-order valence-electron chi connectivity index (χ0n) is 10.9. The number of thioether (sulfide) groups is 1. The van der Waals surface area contributed by atoms with Crippen LogP contribution in [-0.2, 0) is 4.79 Å². The predicted octanol–water partition coefficient (Wildman–Crippen LogP) is 3.75. The molecule has 1 aromatic heterocycles. The lowest BCUT2D eigenvalue weighted by atomic mass is 9.77. The molecular formula is C14H18O3S. The average molecular weight is 266 g/mol. The van der Waals surface area contributed by atoms with Gasteiger partial charge in [0, 0.05) is 5.92 Å². The number of furan rings is 1. The lowest BCUT2D eigenvalue weighted by Crippen LogP contribution is -2.28. The van der Waals surface area contributed by atoms with Crippen LogP contribution in [0.25, 0.3) is 0 Å². The van der Waals surface area contributed by atoms with E-state index >= 15 is 0 Å².